The van der Waals surface area contributed by atoms with Gasteiger partial charge in [-0.2, -0.15) is 0 Å². The van der Waals surface area contributed by atoms with Crippen molar-refractivity contribution in [1.82, 2.24) is 14.7 Å². The van der Waals surface area contributed by atoms with E-state index in [9.17, 15) is 14.4 Å². The van der Waals surface area contributed by atoms with E-state index in [1.165, 1.54) is 7.05 Å². The van der Waals surface area contributed by atoms with Crippen LogP contribution in [-0.4, -0.2) is 126 Å². The van der Waals surface area contributed by atoms with E-state index in [2.05, 4.69) is 10.5 Å². The molecule has 174 valence electrons. The number of carboxylic acid groups (broad SMARTS) is 3. The van der Waals surface area contributed by atoms with E-state index in [0.717, 1.165) is 0 Å². The molecule has 30 heavy (non-hydrogen) atoms. The van der Waals surface area contributed by atoms with Crippen LogP contribution in [0.4, 0.5) is 0 Å². The number of nitrogens with zero attached hydrogens (tertiary/aromatic N) is 5. The molecule has 0 unspecified atom stereocenters. The van der Waals surface area contributed by atoms with E-state index in [1.807, 2.05) is 13.8 Å². The standard InChI is InChI=1S/C15H26N5O7.C2H6.W/c1-16-27-12-8-20(11-15(25)26)7-6-19(10-14(23)24)5-4-18(3-2-17-12)9-13(21)22;1-2;/h2-11H2,1H3,(H,21,22)(H,23,24)(H,25,26);1-2H3;/q-1;;. The van der Waals surface area contributed by atoms with Crippen molar-refractivity contribution in [2.24, 2.45) is 4.99 Å². The molecule has 0 aromatic carbocycles. The van der Waals surface area contributed by atoms with E-state index >= 15 is 0 Å². The molecule has 0 amide bonds. The van der Waals surface area contributed by atoms with E-state index in [0.29, 0.717) is 26.2 Å². The summed E-state index contributed by atoms with van der Waals surface area (Å²) in [5.41, 5.74) is 3.56. The maximum Gasteiger partial charge on any atom is 0.317 e. The number of aliphatic carboxylic acids is 3. The molecule has 0 bridgehead atoms. The maximum atomic E-state index is 11.1. The molecule has 0 saturated carbocycles. The molecule has 1 aliphatic rings. The third-order valence-corrected chi connectivity index (χ3v) is 3.80. The molecule has 0 saturated heterocycles. The van der Waals surface area contributed by atoms with Gasteiger partial charge in [0.25, 0.3) is 0 Å². The van der Waals surface area contributed by atoms with Crippen LogP contribution in [0.5, 0.6) is 0 Å². The van der Waals surface area contributed by atoms with Crippen LogP contribution in [0.15, 0.2) is 4.99 Å². The fraction of sp³-hybridized carbons (Fsp3) is 0.765. The molecule has 0 fully saturated rings. The number of hydroxylamine groups is 1. The SMILES string of the molecule is CC.C[N-]OC1=NCCN(CC(=O)O)CCN(CC(=O)O)CCN(CC(=O)O)C1.[W]. The second-order valence-corrected chi connectivity index (χ2v) is 5.99. The first-order chi connectivity index (χ1) is 13.8. The summed E-state index contributed by atoms with van der Waals surface area (Å²) in [4.78, 5) is 47.5. The first kappa shape index (κ1) is 30.6. The smallest absolute Gasteiger partial charge is 0.317 e. The Morgan fingerprint density at radius 1 is 0.867 bits per heavy atom. The van der Waals surface area contributed by atoms with Crippen LogP contribution in [-0.2, 0) is 40.3 Å². The summed E-state index contributed by atoms with van der Waals surface area (Å²) in [6.45, 7) is 5.31. The predicted octanol–water partition coefficient (Wildman–Crippen LogP) is -0.483. The number of carboxylic acids is 3. The van der Waals surface area contributed by atoms with E-state index in [4.69, 9.17) is 20.2 Å². The number of hydrogen-bond acceptors (Lipinski definition) is 8. The molecule has 0 spiro atoms. The van der Waals surface area contributed by atoms with Crippen molar-refractivity contribution in [2.75, 3.05) is 72.5 Å². The Balaban J connectivity index is 0. The molecule has 0 aromatic heterocycles. The van der Waals surface area contributed by atoms with Crippen molar-refractivity contribution < 1.29 is 55.6 Å². The van der Waals surface area contributed by atoms with Crippen molar-refractivity contribution in [1.29, 1.82) is 0 Å². The topological polar surface area (TPSA) is 157 Å². The minimum absolute atomic E-state index is 0. The average molecular weight is 602 g/mol. The number of hydrogen-bond donors (Lipinski definition) is 3. The van der Waals surface area contributed by atoms with Crippen LogP contribution < -0.4 is 0 Å². The van der Waals surface area contributed by atoms with E-state index < -0.39 is 17.9 Å². The quantitative estimate of drug-likeness (QED) is 0.325. The Morgan fingerprint density at radius 3 is 1.70 bits per heavy atom. The van der Waals surface area contributed by atoms with Crippen molar-refractivity contribution in [3.05, 3.63) is 5.48 Å². The average Bonchev–Trinajstić information content (AvgIpc) is 2.63. The molecule has 3 N–H and O–H groups in total. The first-order valence-corrected chi connectivity index (χ1v) is 9.42. The second-order valence-electron chi connectivity index (χ2n) is 5.99. The van der Waals surface area contributed by atoms with Crippen LogP contribution in [0.1, 0.15) is 13.8 Å². The zero-order valence-electron chi connectivity index (χ0n) is 17.7. The summed E-state index contributed by atoms with van der Waals surface area (Å²) >= 11 is 0. The van der Waals surface area contributed by atoms with Crippen LogP contribution in [0.25, 0.3) is 5.48 Å². The maximum absolute atomic E-state index is 11.1. The van der Waals surface area contributed by atoms with E-state index in [-0.39, 0.29) is 66.2 Å². The second kappa shape index (κ2) is 18.2. The van der Waals surface area contributed by atoms with Gasteiger partial charge in [0, 0.05) is 53.8 Å². The summed E-state index contributed by atoms with van der Waals surface area (Å²) in [5, 5.41) is 27.2. The summed E-state index contributed by atoms with van der Waals surface area (Å²) in [6.07, 6.45) is 0. The van der Waals surface area contributed by atoms with Gasteiger partial charge < -0.3 is 25.6 Å². The Morgan fingerprint density at radius 2 is 1.27 bits per heavy atom. The van der Waals surface area contributed by atoms with Crippen molar-refractivity contribution >= 4 is 23.8 Å². The fourth-order valence-electron chi connectivity index (χ4n) is 2.61. The van der Waals surface area contributed by atoms with Crippen LogP contribution in [0.2, 0.25) is 0 Å². The minimum atomic E-state index is -1.02. The number of rotatable bonds is 7. The molecule has 0 aromatic rings. The molecule has 1 heterocycles. The zero-order chi connectivity index (χ0) is 22.2. The van der Waals surface area contributed by atoms with E-state index in [1.54, 1.807) is 14.7 Å². The van der Waals surface area contributed by atoms with Gasteiger partial charge in [0.1, 0.15) is 0 Å². The fourth-order valence-corrected chi connectivity index (χ4v) is 2.61. The molecule has 13 heteroatoms. The number of aliphatic imine (C=N–C) groups is 1. The summed E-state index contributed by atoms with van der Waals surface area (Å²) in [7, 11) is 1.42. The molecule has 1 aliphatic heterocycles. The van der Waals surface area contributed by atoms with Gasteiger partial charge in [0.05, 0.1) is 32.7 Å². The van der Waals surface area contributed by atoms with Gasteiger partial charge in [0.15, 0.2) is 5.90 Å². The molecule has 12 nitrogen and oxygen atoms in total. The largest absolute Gasteiger partial charge is 0.576 e. The van der Waals surface area contributed by atoms with Crippen molar-refractivity contribution in [3.63, 3.8) is 0 Å². The molecule has 1 rings (SSSR count). The van der Waals surface area contributed by atoms with Gasteiger partial charge in [-0.15, -0.1) is 7.05 Å². The third kappa shape index (κ3) is 15.3. The predicted molar refractivity (Wildman–Crippen MR) is 106 cm³/mol. The normalized spacial score (nSPS) is 17.1. The molecule has 0 aliphatic carbocycles. The Bertz CT molecular complexity index is 551. The summed E-state index contributed by atoms with van der Waals surface area (Å²) in [6, 6.07) is 0. The van der Waals surface area contributed by atoms with Crippen LogP contribution >= 0.6 is 0 Å². The molecule has 0 radical (unpaired) electrons. The Labute approximate surface area is 191 Å². The van der Waals surface area contributed by atoms with Gasteiger partial charge in [-0.1, -0.05) is 13.8 Å². The van der Waals surface area contributed by atoms with Gasteiger partial charge in [0.2, 0.25) is 0 Å². The zero-order valence-corrected chi connectivity index (χ0v) is 20.6. The summed E-state index contributed by atoms with van der Waals surface area (Å²) < 4.78 is 0. The number of carbonyl (C=O) groups is 3. The van der Waals surface area contributed by atoms with Gasteiger partial charge in [-0.05, 0) is 0 Å². The molecule has 0 atom stereocenters. The summed E-state index contributed by atoms with van der Waals surface area (Å²) in [5.74, 6) is -2.79. The Hall–Kier alpha value is -1.59. The minimum Gasteiger partial charge on any atom is -0.576 e. The first-order valence-electron chi connectivity index (χ1n) is 9.42. The van der Waals surface area contributed by atoms with Crippen molar-refractivity contribution in [3.8, 4) is 0 Å². The monoisotopic (exact) mass is 602 g/mol. The van der Waals surface area contributed by atoms with Gasteiger partial charge in [-0.3, -0.25) is 34.1 Å². The van der Waals surface area contributed by atoms with Crippen molar-refractivity contribution in [2.45, 2.75) is 13.8 Å². The Kier molecular flexibility index (Phi) is 18.6. The third-order valence-electron chi connectivity index (χ3n) is 3.80. The molecular weight excluding hydrogens is 570 g/mol. The van der Waals surface area contributed by atoms with Gasteiger partial charge >= 0.3 is 17.9 Å². The van der Waals surface area contributed by atoms with Gasteiger partial charge in [-0.25, -0.2) is 0 Å². The molecular formula is C17H32N5O7W-. The van der Waals surface area contributed by atoms with Crippen LogP contribution in [0.3, 0.4) is 0 Å². The van der Waals surface area contributed by atoms with Crippen LogP contribution in [0, 0.1) is 0 Å².